The lowest BCUT2D eigenvalue weighted by atomic mass is 10.0. The van der Waals surface area contributed by atoms with Gasteiger partial charge in [-0.15, -0.1) is 22.7 Å². The molecule has 29 heavy (non-hydrogen) atoms. The van der Waals surface area contributed by atoms with Crippen LogP contribution in [0.3, 0.4) is 0 Å². The number of nitrogens with one attached hydrogen (secondary N) is 2. The SMILES string of the molecule is Cc1ccc(-c2csc(NC(=O)c3ccc(NC(=O)c4ccco4)s3)n2)c(C)c1. The Morgan fingerprint density at radius 2 is 1.90 bits per heavy atom. The van der Waals surface area contributed by atoms with E-state index in [-0.39, 0.29) is 17.6 Å². The number of carbonyl (C=O) groups is 2. The normalized spacial score (nSPS) is 10.7. The molecule has 0 aliphatic carbocycles. The Labute approximate surface area is 175 Å². The van der Waals surface area contributed by atoms with Crippen molar-refractivity contribution < 1.29 is 14.0 Å². The maximum Gasteiger partial charge on any atom is 0.291 e. The molecule has 0 unspecified atom stereocenters. The Hall–Kier alpha value is -3.23. The van der Waals surface area contributed by atoms with Gasteiger partial charge in [-0.3, -0.25) is 14.9 Å². The number of amides is 2. The molecule has 3 aromatic heterocycles. The van der Waals surface area contributed by atoms with E-state index < -0.39 is 0 Å². The van der Waals surface area contributed by atoms with Gasteiger partial charge in [0.2, 0.25) is 0 Å². The highest BCUT2D eigenvalue weighted by Gasteiger charge is 2.15. The van der Waals surface area contributed by atoms with E-state index in [0.29, 0.717) is 15.0 Å². The molecule has 4 rings (SSSR count). The second-order valence-corrected chi connectivity index (χ2v) is 8.35. The van der Waals surface area contributed by atoms with Crippen molar-refractivity contribution in [2.75, 3.05) is 10.6 Å². The van der Waals surface area contributed by atoms with Gasteiger partial charge < -0.3 is 9.73 Å². The summed E-state index contributed by atoms with van der Waals surface area (Å²) < 4.78 is 5.06. The van der Waals surface area contributed by atoms with Crippen LogP contribution >= 0.6 is 22.7 Å². The third-order valence-electron chi connectivity index (χ3n) is 4.19. The van der Waals surface area contributed by atoms with Crippen LogP contribution in [0, 0.1) is 13.8 Å². The van der Waals surface area contributed by atoms with Crippen molar-refractivity contribution in [1.29, 1.82) is 0 Å². The van der Waals surface area contributed by atoms with Gasteiger partial charge in [-0.05, 0) is 43.7 Å². The van der Waals surface area contributed by atoms with Crippen molar-refractivity contribution in [2.45, 2.75) is 13.8 Å². The van der Waals surface area contributed by atoms with Gasteiger partial charge in [-0.25, -0.2) is 4.98 Å². The molecule has 0 saturated heterocycles. The van der Waals surface area contributed by atoms with E-state index in [1.807, 2.05) is 24.4 Å². The van der Waals surface area contributed by atoms with Gasteiger partial charge in [0.25, 0.3) is 11.8 Å². The highest BCUT2D eigenvalue weighted by molar-refractivity contribution is 7.18. The Bertz CT molecular complexity index is 1180. The maximum atomic E-state index is 12.5. The minimum absolute atomic E-state index is 0.214. The van der Waals surface area contributed by atoms with Gasteiger partial charge in [0.05, 0.1) is 21.8 Å². The summed E-state index contributed by atoms with van der Waals surface area (Å²) in [5.74, 6) is -0.414. The second kappa shape index (κ2) is 8.02. The smallest absolute Gasteiger partial charge is 0.291 e. The van der Waals surface area contributed by atoms with Gasteiger partial charge in [0.1, 0.15) is 0 Å². The molecule has 0 aliphatic rings. The van der Waals surface area contributed by atoms with Crippen LogP contribution in [0.15, 0.2) is 58.5 Å². The molecule has 146 valence electrons. The van der Waals surface area contributed by atoms with E-state index in [1.165, 1.54) is 34.5 Å². The van der Waals surface area contributed by atoms with Crippen LogP contribution in [0.2, 0.25) is 0 Å². The molecule has 4 aromatic rings. The zero-order valence-corrected chi connectivity index (χ0v) is 17.3. The zero-order chi connectivity index (χ0) is 20.4. The Kier molecular flexibility index (Phi) is 5.28. The molecule has 0 saturated carbocycles. The van der Waals surface area contributed by atoms with E-state index in [0.717, 1.165) is 16.8 Å². The lowest BCUT2D eigenvalue weighted by molar-refractivity contribution is 0.0995. The average molecular weight is 424 g/mol. The number of carbonyl (C=O) groups excluding carboxylic acids is 2. The molecule has 0 fully saturated rings. The highest BCUT2D eigenvalue weighted by Crippen LogP contribution is 2.29. The number of thiophene rings is 1. The molecule has 8 heteroatoms. The first kappa shape index (κ1) is 19.1. The fourth-order valence-electron chi connectivity index (χ4n) is 2.82. The number of benzene rings is 1. The van der Waals surface area contributed by atoms with Crippen molar-refractivity contribution in [2.24, 2.45) is 0 Å². The first-order chi connectivity index (χ1) is 14.0. The van der Waals surface area contributed by atoms with Crippen LogP contribution in [-0.2, 0) is 0 Å². The van der Waals surface area contributed by atoms with E-state index in [9.17, 15) is 9.59 Å². The molecule has 0 aliphatic heterocycles. The van der Waals surface area contributed by atoms with Gasteiger partial charge in [0, 0.05) is 10.9 Å². The molecule has 0 atom stereocenters. The lowest BCUT2D eigenvalue weighted by Gasteiger charge is -2.03. The van der Waals surface area contributed by atoms with Crippen LogP contribution in [0.5, 0.6) is 0 Å². The molecule has 3 heterocycles. The van der Waals surface area contributed by atoms with Gasteiger partial charge in [0.15, 0.2) is 10.9 Å². The standard InChI is InChI=1S/C21H17N3O3S2/c1-12-5-6-14(13(2)10-12)15-11-28-21(22-15)24-20(26)17-7-8-18(29-17)23-19(25)16-4-3-9-27-16/h3-11H,1-2H3,(H,23,25)(H,22,24,26). The summed E-state index contributed by atoms with van der Waals surface area (Å²) in [6.07, 6.45) is 1.43. The number of anilines is 2. The molecule has 0 radical (unpaired) electrons. The van der Waals surface area contributed by atoms with E-state index in [4.69, 9.17) is 4.42 Å². The molecular formula is C21H17N3O3S2. The second-order valence-electron chi connectivity index (χ2n) is 6.41. The number of nitrogens with zero attached hydrogens (tertiary/aromatic N) is 1. The van der Waals surface area contributed by atoms with Crippen LogP contribution < -0.4 is 10.6 Å². The fraction of sp³-hybridized carbons (Fsp3) is 0.0952. The average Bonchev–Trinajstić information content (AvgIpc) is 3.43. The van der Waals surface area contributed by atoms with Crippen LogP contribution in [-0.4, -0.2) is 16.8 Å². The molecule has 0 spiro atoms. The fourth-order valence-corrected chi connectivity index (χ4v) is 4.33. The predicted molar refractivity (Wildman–Crippen MR) is 116 cm³/mol. The van der Waals surface area contributed by atoms with E-state index >= 15 is 0 Å². The number of furan rings is 1. The number of hydrogen-bond acceptors (Lipinski definition) is 6. The summed E-state index contributed by atoms with van der Waals surface area (Å²) in [6.45, 7) is 4.10. The Morgan fingerprint density at radius 1 is 1.03 bits per heavy atom. The molecule has 2 amide bonds. The summed E-state index contributed by atoms with van der Waals surface area (Å²) in [5, 5.41) is 8.55. The Balaban J connectivity index is 1.43. The number of aryl methyl sites for hydroxylation is 2. The summed E-state index contributed by atoms with van der Waals surface area (Å²) in [6, 6.07) is 12.8. The van der Waals surface area contributed by atoms with Crippen molar-refractivity contribution in [3.63, 3.8) is 0 Å². The largest absolute Gasteiger partial charge is 0.459 e. The number of aromatic nitrogens is 1. The van der Waals surface area contributed by atoms with Crippen LogP contribution in [0.1, 0.15) is 31.4 Å². The van der Waals surface area contributed by atoms with Crippen LogP contribution in [0.4, 0.5) is 10.1 Å². The van der Waals surface area contributed by atoms with Crippen molar-refractivity contribution in [3.05, 3.63) is 75.9 Å². The molecule has 6 nitrogen and oxygen atoms in total. The first-order valence-corrected chi connectivity index (χ1v) is 10.5. The quantitative estimate of drug-likeness (QED) is 0.438. The summed E-state index contributed by atoms with van der Waals surface area (Å²) in [4.78, 5) is 29.6. The highest BCUT2D eigenvalue weighted by atomic mass is 32.1. The summed E-state index contributed by atoms with van der Waals surface area (Å²) >= 11 is 2.56. The molecular weight excluding hydrogens is 406 g/mol. The van der Waals surface area contributed by atoms with Gasteiger partial charge >= 0.3 is 0 Å². The summed E-state index contributed by atoms with van der Waals surface area (Å²) in [5.41, 5.74) is 4.22. The monoisotopic (exact) mass is 423 g/mol. The topological polar surface area (TPSA) is 84.2 Å². The van der Waals surface area contributed by atoms with E-state index in [1.54, 1.807) is 24.3 Å². The third-order valence-corrected chi connectivity index (χ3v) is 5.95. The van der Waals surface area contributed by atoms with Crippen molar-refractivity contribution in [3.8, 4) is 11.3 Å². The Morgan fingerprint density at radius 3 is 2.66 bits per heavy atom. The maximum absolute atomic E-state index is 12.5. The van der Waals surface area contributed by atoms with Crippen molar-refractivity contribution >= 4 is 44.6 Å². The summed E-state index contributed by atoms with van der Waals surface area (Å²) in [7, 11) is 0. The van der Waals surface area contributed by atoms with Crippen LogP contribution in [0.25, 0.3) is 11.3 Å². The number of hydrogen-bond donors (Lipinski definition) is 2. The molecule has 2 N–H and O–H groups in total. The number of thiazole rings is 1. The predicted octanol–water partition coefficient (Wildman–Crippen LogP) is 5.59. The van der Waals surface area contributed by atoms with Crippen molar-refractivity contribution in [1.82, 2.24) is 4.98 Å². The van der Waals surface area contributed by atoms with E-state index in [2.05, 4.69) is 28.6 Å². The minimum Gasteiger partial charge on any atom is -0.459 e. The minimum atomic E-state index is -0.359. The molecule has 0 bridgehead atoms. The zero-order valence-electron chi connectivity index (χ0n) is 15.7. The molecule has 1 aromatic carbocycles. The third kappa shape index (κ3) is 4.28. The first-order valence-electron chi connectivity index (χ1n) is 8.79. The van der Waals surface area contributed by atoms with Gasteiger partial charge in [-0.2, -0.15) is 0 Å². The lowest BCUT2D eigenvalue weighted by Crippen LogP contribution is -2.10. The van der Waals surface area contributed by atoms with Gasteiger partial charge in [-0.1, -0.05) is 23.8 Å². The number of rotatable bonds is 5.